The van der Waals surface area contributed by atoms with E-state index < -0.39 is 5.60 Å². The fraction of sp³-hybridized carbons (Fsp3) is 0.800. The molecule has 1 fully saturated rings. The van der Waals surface area contributed by atoms with Gasteiger partial charge in [-0.05, 0) is 46.5 Å². The van der Waals surface area contributed by atoms with E-state index in [0.29, 0.717) is 6.04 Å². The molecule has 0 unspecified atom stereocenters. The van der Waals surface area contributed by atoms with Gasteiger partial charge in [-0.3, -0.25) is 5.10 Å². The Morgan fingerprint density at radius 1 is 1.32 bits per heavy atom. The van der Waals surface area contributed by atoms with Gasteiger partial charge in [-0.25, -0.2) is 9.78 Å². The third-order valence-corrected chi connectivity index (χ3v) is 3.71. The number of ether oxygens (including phenoxy) is 1. The predicted octanol–water partition coefficient (Wildman–Crippen LogP) is 1.77. The second-order valence-electron chi connectivity index (χ2n) is 6.83. The van der Waals surface area contributed by atoms with Gasteiger partial charge in [-0.15, -0.1) is 0 Å². The highest BCUT2D eigenvalue weighted by Crippen LogP contribution is 2.19. The first kappa shape index (κ1) is 16.7. The van der Waals surface area contributed by atoms with Crippen molar-refractivity contribution in [3.63, 3.8) is 0 Å². The Morgan fingerprint density at radius 3 is 2.59 bits per heavy atom. The summed E-state index contributed by atoms with van der Waals surface area (Å²) in [6.07, 6.45) is 6.18. The fourth-order valence-corrected chi connectivity index (χ4v) is 2.66. The van der Waals surface area contributed by atoms with E-state index in [9.17, 15) is 4.79 Å². The van der Waals surface area contributed by atoms with Crippen molar-refractivity contribution in [2.45, 2.75) is 70.6 Å². The van der Waals surface area contributed by atoms with Crippen LogP contribution in [0.25, 0.3) is 0 Å². The second kappa shape index (κ2) is 7.58. The van der Waals surface area contributed by atoms with Gasteiger partial charge in [0.1, 0.15) is 17.8 Å². The van der Waals surface area contributed by atoms with Crippen molar-refractivity contribution in [1.82, 2.24) is 25.8 Å². The zero-order chi connectivity index (χ0) is 16.0. The Labute approximate surface area is 131 Å². The summed E-state index contributed by atoms with van der Waals surface area (Å²) in [6, 6.07) is 0.738. The van der Waals surface area contributed by atoms with Gasteiger partial charge in [0.25, 0.3) is 0 Å². The molecule has 124 valence electrons. The molecule has 0 radical (unpaired) electrons. The molecule has 0 bridgehead atoms. The Bertz CT molecular complexity index is 447. The molecule has 0 spiro atoms. The Hall–Kier alpha value is -1.63. The summed E-state index contributed by atoms with van der Waals surface area (Å²) in [7, 11) is 0. The third kappa shape index (κ3) is 6.01. The van der Waals surface area contributed by atoms with Gasteiger partial charge in [-0.2, -0.15) is 5.10 Å². The molecule has 7 heteroatoms. The lowest BCUT2D eigenvalue weighted by Crippen LogP contribution is -2.44. The van der Waals surface area contributed by atoms with Crippen LogP contribution in [-0.4, -0.2) is 45.5 Å². The number of aromatic amines is 1. The molecule has 0 aliphatic heterocycles. The van der Waals surface area contributed by atoms with Gasteiger partial charge in [0.2, 0.25) is 0 Å². The van der Waals surface area contributed by atoms with E-state index in [-0.39, 0.29) is 12.1 Å². The van der Waals surface area contributed by atoms with E-state index in [4.69, 9.17) is 4.74 Å². The van der Waals surface area contributed by atoms with Crippen LogP contribution >= 0.6 is 0 Å². The van der Waals surface area contributed by atoms with E-state index in [1.807, 2.05) is 20.8 Å². The van der Waals surface area contributed by atoms with E-state index in [2.05, 4.69) is 25.8 Å². The largest absolute Gasteiger partial charge is 0.444 e. The normalized spacial score (nSPS) is 22.3. The minimum Gasteiger partial charge on any atom is -0.444 e. The van der Waals surface area contributed by atoms with Crippen LogP contribution in [0.4, 0.5) is 4.79 Å². The first-order chi connectivity index (χ1) is 10.4. The van der Waals surface area contributed by atoms with E-state index in [1.54, 1.807) is 0 Å². The molecule has 7 nitrogen and oxygen atoms in total. The molecule has 1 aromatic heterocycles. The lowest BCUT2D eigenvalue weighted by Gasteiger charge is -2.30. The molecule has 22 heavy (non-hydrogen) atoms. The Balaban J connectivity index is 1.60. The van der Waals surface area contributed by atoms with Crippen molar-refractivity contribution < 1.29 is 9.53 Å². The number of carbonyl (C=O) groups excluding carboxylic acids is 1. The zero-order valence-corrected chi connectivity index (χ0v) is 13.7. The van der Waals surface area contributed by atoms with E-state index >= 15 is 0 Å². The minimum atomic E-state index is -0.441. The SMILES string of the molecule is CC(C)(C)OC(=O)NC1CCC(NCCc2ncn[nH]2)CC1. The Morgan fingerprint density at radius 2 is 2.00 bits per heavy atom. The van der Waals surface area contributed by atoms with Crippen LogP contribution in [-0.2, 0) is 11.2 Å². The number of aromatic nitrogens is 3. The molecule has 0 atom stereocenters. The molecule has 1 aliphatic carbocycles. The molecule has 2 rings (SSSR count). The average Bonchev–Trinajstić information content (AvgIpc) is 2.92. The van der Waals surface area contributed by atoms with Crippen molar-refractivity contribution in [2.24, 2.45) is 0 Å². The fourth-order valence-electron chi connectivity index (χ4n) is 2.66. The van der Waals surface area contributed by atoms with Gasteiger partial charge < -0.3 is 15.4 Å². The van der Waals surface area contributed by atoms with Crippen LogP contribution in [0.2, 0.25) is 0 Å². The highest BCUT2D eigenvalue weighted by molar-refractivity contribution is 5.68. The quantitative estimate of drug-likeness (QED) is 0.771. The smallest absolute Gasteiger partial charge is 0.407 e. The van der Waals surface area contributed by atoms with Crippen molar-refractivity contribution in [3.8, 4) is 0 Å². The maximum Gasteiger partial charge on any atom is 0.407 e. The van der Waals surface area contributed by atoms with Crippen LogP contribution < -0.4 is 10.6 Å². The van der Waals surface area contributed by atoms with Crippen molar-refractivity contribution >= 4 is 6.09 Å². The standard InChI is InChI=1S/C15H27N5O2/c1-15(2,3)22-14(21)19-12-6-4-11(5-7-12)16-9-8-13-17-10-18-20-13/h10-12,16H,4-9H2,1-3H3,(H,19,21)(H,17,18,20). The van der Waals surface area contributed by atoms with Crippen molar-refractivity contribution in [2.75, 3.05) is 6.54 Å². The number of nitrogens with one attached hydrogen (secondary N) is 3. The van der Waals surface area contributed by atoms with Crippen LogP contribution in [0.1, 0.15) is 52.3 Å². The molecular weight excluding hydrogens is 282 g/mol. The summed E-state index contributed by atoms with van der Waals surface area (Å²) in [5, 5.41) is 13.2. The van der Waals surface area contributed by atoms with Gasteiger partial charge in [-0.1, -0.05) is 0 Å². The van der Waals surface area contributed by atoms with Gasteiger partial charge >= 0.3 is 6.09 Å². The maximum atomic E-state index is 11.7. The number of hydrogen-bond acceptors (Lipinski definition) is 5. The number of H-pyrrole nitrogens is 1. The first-order valence-electron chi connectivity index (χ1n) is 7.99. The molecule has 1 aromatic rings. The lowest BCUT2D eigenvalue weighted by molar-refractivity contribution is 0.0490. The monoisotopic (exact) mass is 309 g/mol. The molecule has 1 amide bonds. The number of rotatable bonds is 5. The summed E-state index contributed by atoms with van der Waals surface area (Å²) < 4.78 is 5.29. The number of hydrogen-bond donors (Lipinski definition) is 3. The van der Waals surface area contributed by atoms with Crippen LogP contribution in [0.3, 0.4) is 0 Å². The molecule has 1 aliphatic rings. The molecule has 1 heterocycles. The Kier molecular flexibility index (Phi) is 5.76. The van der Waals surface area contributed by atoms with Crippen LogP contribution in [0.15, 0.2) is 6.33 Å². The van der Waals surface area contributed by atoms with Crippen LogP contribution in [0.5, 0.6) is 0 Å². The summed E-state index contributed by atoms with van der Waals surface area (Å²) in [6.45, 7) is 6.52. The molecular formula is C15H27N5O2. The number of alkyl carbamates (subject to hydrolysis) is 1. The van der Waals surface area contributed by atoms with Gasteiger partial charge in [0, 0.05) is 25.0 Å². The highest BCUT2D eigenvalue weighted by Gasteiger charge is 2.24. The third-order valence-electron chi connectivity index (χ3n) is 3.71. The van der Waals surface area contributed by atoms with Gasteiger partial charge in [0.15, 0.2) is 0 Å². The molecule has 3 N–H and O–H groups in total. The second-order valence-corrected chi connectivity index (χ2v) is 6.83. The van der Waals surface area contributed by atoms with E-state index in [0.717, 1.165) is 44.5 Å². The number of amides is 1. The summed E-state index contributed by atoms with van der Waals surface area (Å²) in [5.74, 6) is 0.910. The maximum absolute atomic E-state index is 11.7. The predicted molar refractivity (Wildman–Crippen MR) is 83.5 cm³/mol. The first-order valence-corrected chi connectivity index (χ1v) is 7.99. The topological polar surface area (TPSA) is 91.9 Å². The zero-order valence-electron chi connectivity index (χ0n) is 13.7. The summed E-state index contributed by atoms with van der Waals surface area (Å²) >= 11 is 0. The van der Waals surface area contributed by atoms with Crippen molar-refractivity contribution in [3.05, 3.63) is 12.2 Å². The lowest BCUT2D eigenvalue weighted by atomic mass is 9.91. The number of carbonyl (C=O) groups is 1. The summed E-state index contributed by atoms with van der Waals surface area (Å²) in [5.41, 5.74) is -0.441. The molecule has 0 saturated heterocycles. The van der Waals surface area contributed by atoms with Gasteiger partial charge in [0.05, 0.1) is 0 Å². The summed E-state index contributed by atoms with van der Waals surface area (Å²) in [4.78, 5) is 15.9. The van der Waals surface area contributed by atoms with E-state index in [1.165, 1.54) is 6.33 Å². The highest BCUT2D eigenvalue weighted by atomic mass is 16.6. The average molecular weight is 309 g/mol. The molecule has 0 aromatic carbocycles. The van der Waals surface area contributed by atoms with Crippen molar-refractivity contribution in [1.29, 1.82) is 0 Å². The molecule has 1 saturated carbocycles. The number of nitrogens with zero attached hydrogens (tertiary/aromatic N) is 2. The van der Waals surface area contributed by atoms with Crippen LogP contribution in [0, 0.1) is 0 Å². The minimum absolute atomic E-state index is 0.224.